The van der Waals surface area contributed by atoms with Gasteiger partial charge in [-0.05, 0) is 49.5 Å². The van der Waals surface area contributed by atoms with Crippen molar-refractivity contribution in [3.05, 3.63) is 47.5 Å². The highest BCUT2D eigenvalue weighted by atomic mass is 19.4. The number of halogens is 4. The van der Waals surface area contributed by atoms with Crippen LogP contribution >= 0.6 is 0 Å². The number of alkyl halides is 3. The molecule has 2 N–H and O–H groups in total. The number of rotatable bonds is 6. The summed E-state index contributed by atoms with van der Waals surface area (Å²) in [4.78, 5) is 28.8. The number of amides is 2. The third kappa shape index (κ3) is 5.60. The minimum atomic E-state index is -4.16. The summed E-state index contributed by atoms with van der Waals surface area (Å²) in [6, 6.07) is 5.94. The molecule has 1 saturated heterocycles. The number of carbonyl (C=O) groups excluding carboxylic acids is 2. The topological polar surface area (TPSA) is 71.6 Å². The highest BCUT2D eigenvalue weighted by Crippen LogP contribution is 2.32. The third-order valence-electron chi connectivity index (χ3n) is 6.76. The predicted octanol–water partition coefficient (Wildman–Crippen LogP) is 3.79. The van der Waals surface area contributed by atoms with Crippen LogP contribution in [0.5, 0.6) is 0 Å². The Bertz CT molecular complexity index is 1060. The Labute approximate surface area is 195 Å². The summed E-state index contributed by atoms with van der Waals surface area (Å²) in [6.45, 7) is 2.31. The number of primary amides is 1. The summed E-state index contributed by atoms with van der Waals surface area (Å²) < 4.78 is 53.0. The van der Waals surface area contributed by atoms with E-state index in [0.29, 0.717) is 67.8 Å². The lowest BCUT2D eigenvalue weighted by molar-refractivity contribution is -0.138. The first-order valence-corrected chi connectivity index (χ1v) is 11.5. The van der Waals surface area contributed by atoms with E-state index >= 15 is 0 Å². The molecule has 0 radical (unpaired) electrons. The molecule has 0 aliphatic carbocycles. The minimum Gasteiger partial charge on any atom is -0.366 e. The van der Waals surface area contributed by atoms with Gasteiger partial charge < -0.3 is 20.1 Å². The van der Waals surface area contributed by atoms with Crippen molar-refractivity contribution in [3.8, 4) is 11.1 Å². The van der Waals surface area contributed by atoms with Crippen LogP contribution in [-0.2, 0) is 17.9 Å². The van der Waals surface area contributed by atoms with E-state index in [1.807, 2.05) is 4.57 Å². The number of nitrogens with two attached hydrogens (primary N) is 1. The van der Waals surface area contributed by atoms with Crippen molar-refractivity contribution in [1.82, 2.24) is 14.4 Å². The average molecular weight is 481 g/mol. The molecule has 2 amide bonds. The molecule has 0 bridgehead atoms. The fourth-order valence-corrected chi connectivity index (χ4v) is 4.89. The van der Waals surface area contributed by atoms with Gasteiger partial charge in [-0.15, -0.1) is 0 Å². The summed E-state index contributed by atoms with van der Waals surface area (Å²) in [5, 5.41) is 0. The predicted molar refractivity (Wildman–Crippen MR) is 118 cm³/mol. The maximum absolute atomic E-state index is 13.8. The van der Waals surface area contributed by atoms with Gasteiger partial charge in [0.15, 0.2) is 0 Å². The molecule has 0 spiro atoms. The molecular weight excluding hydrogens is 452 g/mol. The molecule has 4 rings (SSSR count). The van der Waals surface area contributed by atoms with E-state index in [4.69, 9.17) is 5.73 Å². The van der Waals surface area contributed by atoms with E-state index in [9.17, 15) is 27.2 Å². The van der Waals surface area contributed by atoms with E-state index in [2.05, 4.69) is 0 Å². The Hall–Kier alpha value is -2.88. The van der Waals surface area contributed by atoms with Crippen LogP contribution in [0.15, 0.2) is 30.5 Å². The lowest BCUT2D eigenvalue weighted by Gasteiger charge is -2.34. The number of fused-ring (bicyclic) bond motifs is 1. The Morgan fingerprint density at radius 1 is 1.09 bits per heavy atom. The van der Waals surface area contributed by atoms with Crippen LogP contribution in [0, 0.1) is 11.7 Å². The van der Waals surface area contributed by atoms with Gasteiger partial charge in [0.2, 0.25) is 5.91 Å². The van der Waals surface area contributed by atoms with Crippen LogP contribution in [0.25, 0.3) is 11.1 Å². The minimum absolute atomic E-state index is 0.00315. The zero-order valence-electron chi connectivity index (χ0n) is 18.8. The summed E-state index contributed by atoms with van der Waals surface area (Å²) in [7, 11) is 0. The van der Waals surface area contributed by atoms with Crippen molar-refractivity contribution in [1.29, 1.82) is 0 Å². The van der Waals surface area contributed by atoms with Crippen LogP contribution in [-0.4, -0.2) is 58.5 Å². The zero-order valence-corrected chi connectivity index (χ0v) is 18.8. The number of hydrogen-bond donors (Lipinski definition) is 1. The summed E-state index contributed by atoms with van der Waals surface area (Å²) >= 11 is 0. The molecule has 1 aromatic heterocycles. The molecule has 6 nitrogen and oxygen atoms in total. The molecule has 10 heteroatoms. The van der Waals surface area contributed by atoms with E-state index in [1.165, 1.54) is 12.1 Å². The molecule has 1 aromatic carbocycles. The number of likely N-dealkylation sites (tertiary alicyclic amines) is 1. The van der Waals surface area contributed by atoms with Crippen LogP contribution in [0.1, 0.15) is 41.7 Å². The molecule has 184 valence electrons. The van der Waals surface area contributed by atoms with Crippen LogP contribution in [0.3, 0.4) is 0 Å². The normalized spacial score (nSPS) is 17.6. The van der Waals surface area contributed by atoms with Gasteiger partial charge in [-0.25, -0.2) is 4.39 Å². The number of aromatic nitrogens is 1. The van der Waals surface area contributed by atoms with Gasteiger partial charge in [-0.2, -0.15) is 13.2 Å². The first-order chi connectivity index (χ1) is 16.1. The molecule has 0 unspecified atom stereocenters. The van der Waals surface area contributed by atoms with Crippen molar-refractivity contribution in [3.63, 3.8) is 0 Å². The molecular formula is C24H28F4N4O2. The van der Waals surface area contributed by atoms with Gasteiger partial charge in [0, 0.05) is 37.8 Å². The summed E-state index contributed by atoms with van der Waals surface area (Å²) in [5.41, 5.74) is 7.69. The quantitative estimate of drug-likeness (QED) is 0.640. The monoisotopic (exact) mass is 480 g/mol. The van der Waals surface area contributed by atoms with Gasteiger partial charge in [-0.3, -0.25) is 9.59 Å². The molecule has 0 saturated carbocycles. The molecule has 34 heavy (non-hydrogen) atoms. The summed E-state index contributed by atoms with van der Waals surface area (Å²) in [5.74, 6) is -0.961. The maximum Gasteiger partial charge on any atom is 0.390 e. The van der Waals surface area contributed by atoms with Gasteiger partial charge in [0.05, 0.1) is 24.2 Å². The Kier molecular flexibility index (Phi) is 6.97. The smallest absolute Gasteiger partial charge is 0.366 e. The molecule has 1 fully saturated rings. The molecule has 0 atom stereocenters. The van der Waals surface area contributed by atoms with Crippen LogP contribution in [0.4, 0.5) is 17.6 Å². The lowest BCUT2D eigenvalue weighted by Crippen LogP contribution is -2.41. The summed E-state index contributed by atoms with van der Waals surface area (Å²) in [6.07, 6.45) is -1.49. The second kappa shape index (κ2) is 9.77. The fraction of sp³-hybridized carbons (Fsp3) is 0.500. The first kappa shape index (κ1) is 24.3. The molecule has 2 aliphatic heterocycles. The van der Waals surface area contributed by atoms with E-state index in [0.717, 1.165) is 0 Å². The van der Waals surface area contributed by atoms with Gasteiger partial charge >= 0.3 is 6.18 Å². The van der Waals surface area contributed by atoms with Gasteiger partial charge in [0.25, 0.3) is 5.91 Å². The first-order valence-electron chi connectivity index (χ1n) is 11.5. The van der Waals surface area contributed by atoms with Crippen molar-refractivity contribution in [2.24, 2.45) is 11.7 Å². The Morgan fingerprint density at radius 2 is 1.82 bits per heavy atom. The van der Waals surface area contributed by atoms with Crippen molar-refractivity contribution >= 4 is 11.8 Å². The number of hydrogen-bond acceptors (Lipinski definition) is 3. The second-order valence-corrected chi connectivity index (χ2v) is 9.10. The van der Waals surface area contributed by atoms with Gasteiger partial charge in [-0.1, -0.05) is 12.1 Å². The van der Waals surface area contributed by atoms with Crippen molar-refractivity contribution < 1.29 is 27.2 Å². The fourth-order valence-electron chi connectivity index (χ4n) is 4.89. The van der Waals surface area contributed by atoms with E-state index < -0.39 is 24.3 Å². The molecule has 3 heterocycles. The van der Waals surface area contributed by atoms with Crippen LogP contribution < -0.4 is 5.73 Å². The zero-order chi connectivity index (χ0) is 24.5. The van der Waals surface area contributed by atoms with Crippen molar-refractivity contribution in [2.75, 3.05) is 26.2 Å². The molecule has 2 aliphatic rings. The largest absolute Gasteiger partial charge is 0.390 e. The Balaban J connectivity index is 1.39. The van der Waals surface area contributed by atoms with E-state index in [1.54, 1.807) is 28.1 Å². The number of benzene rings is 1. The van der Waals surface area contributed by atoms with E-state index in [-0.39, 0.29) is 24.9 Å². The highest BCUT2D eigenvalue weighted by molar-refractivity contribution is 6.01. The SMILES string of the molecule is NC(=O)c1c(-c2cccc(F)c2)cn2c1CN(C(=O)CC1CCN(CCC(F)(F)F)CC1)CC2. The number of carbonyl (C=O) groups is 2. The Morgan fingerprint density at radius 3 is 2.47 bits per heavy atom. The van der Waals surface area contributed by atoms with Crippen LogP contribution in [0.2, 0.25) is 0 Å². The van der Waals surface area contributed by atoms with Crippen molar-refractivity contribution in [2.45, 2.75) is 44.9 Å². The highest BCUT2D eigenvalue weighted by Gasteiger charge is 2.31. The van der Waals surface area contributed by atoms with Gasteiger partial charge in [0.1, 0.15) is 5.82 Å². The molecule has 2 aromatic rings. The second-order valence-electron chi connectivity index (χ2n) is 9.10. The number of nitrogens with zero attached hydrogens (tertiary/aromatic N) is 3. The lowest BCUT2D eigenvalue weighted by atomic mass is 9.92. The third-order valence-corrected chi connectivity index (χ3v) is 6.76. The maximum atomic E-state index is 13.8. The standard InChI is InChI=1S/C24H28F4N4O2/c25-18-3-1-2-17(13-18)19-14-31-10-11-32(15-20(31)22(19)23(29)34)21(33)12-16-4-7-30(8-5-16)9-6-24(26,27)28/h1-3,13-14,16H,4-12,15H2,(H2,29,34). The number of piperidine rings is 1. The average Bonchev–Trinajstić information content (AvgIpc) is 3.17.